The Labute approximate surface area is 160 Å². The minimum atomic E-state index is -0.258. The molecule has 1 aliphatic heterocycles. The van der Waals surface area contributed by atoms with Crippen molar-refractivity contribution in [1.29, 1.82) is 0 Å². The van der Waals surface area contributed by atoms with E-state index in [0.717, 1.165) is 38.3 Å². The van der Waals surface area contributed by atoms with Crippen molar-refractivity contribution in [3.05, 3.63) is 65.5 Å². The summed E-state index contributed by atoms with van der Waals surface area (Å²) < 4.78 is 18.6. The van der Waals surface area contributed by atoms with E-state index >= 15 is 0 Å². The van der Waals surface area contributed by atoms with Crippen LogP contribution in [0, 0.1) is 11.7 Å². The van der Waals surface area contributed by atoms with Crippen molar-refractivity contribution in [3.8, 4) is 5.75 Å². The third-order valence-electron chi connectivity index (χ3n) is 4.70. The van der Waals surface area contributed by atoms with Crippen LogP contribution in [0.1, 0.15) is 29.8 Å². The van der Waals surface area contributed by atoms with Gasteiger partial charge in [0.2, 0.25) is 0 Å². The average Bonchev–Trinajstić information content (AvgIpc) is 2.67. The van der Waals surface area contributed by atoms with Crippen molar-refractivity contribution in [1.82, 2.24) is 9.80 Å². The average molecular weight is 370 g/mol. The highest BCUT2D eigenvalue weighted by Gasteiger charge is 2.22. The Morgan fingerprint density at radius 2 is 1.63 bits per heavy atom. The minimum Gasteiger partial charge on any atom is -0.489 e. The van der Waals surface area contributed by atoms with Crippen molar-refractivity contribution < 1.29 is 13.9 Å². The minimum absolute atomic E-state index is 0.0734. The summed E-state index contributed by atoms with van der Waals surface area (Å²) in [4.78, 5) is 17.0. The molecule has 5 heteroatoms. The number of carbonyl (C=O) groups excluding carboxylic acids is 1. The Balaban J connectivity index is 1.51. The van der Waals surface area contributed by atoms with Gasteiger partial charge in [-0.2, -0.15) is 0 Å². The molecule has 0 N–H and O–H groups in total. The van der Waals surface area contributed by atoms with E-state index < -0.39 is 0 Å². The lowest BCUT2D eigenvalue weighted by Crippen LogP contribution is -2.49. The number of hydrogen-bond acceptors (Lipinski definition) is 3. The van der Waals surface area contributed by atoms with Crippen LogP contribution in [0.2, 0.25) is 0 Å². The van der Waals surface area contributed by atoms with Gasteiger partial charge in [0.05, 0.1) is 0 Å². The van der Waals surface area contributed by atoms with Gasteiger partial charge < -0.3 is 9.64 Å². The van der Waals surface area contributed by atoms with Gasteiger partial charge in [0.15, 0.2) is 0 Å². The first-order chi connectivity index (χ1) is 13.0. The van der Waals surface area contributed by atoms with E-state index in [1.807, 2.05) is 29.2 Å². The predicted molar refractivity (Wildman–Crippen MR) is 104 cm³/mol. The molecule has 1 amide bonds. The Kier molecular flexibility index (Phi) is 6.45. The SMILES string of the molecule is CC(C)CN1CCN(C(=O)c2ccc(OCc3ccc(F)cc3)cc2)CC1. The van der Waals surface area contributed by atoms with E-state index in [1.165, 1.54) is 12.1 Å². The topological polar surface area (TPSA) is 32.8 Å². The van der Waals surface area contributed by atoms with Crippen LogP contribution >= 0.6 is 0 Å². The number of halogens is 1. The summed E-state index contributed by atoms with van der Waals surface area (Å²) in [6.07, 6.45) is 0. The molecule has 27 heavy (non-hydrogen) atoms. The number of hydrogen-bond donors (Lipinski definition) is 0. The zero-order valence-corrected chi connectivity index (χ0v) is 16.0. The largest absolute Gasteiger partial charge is 0.489 e. The van der Waals surface area contributed by atoms with Crippen molar-refractivity contribution in [3.63, 3.8) is 0 Å². The summed E-state index contributed by atoms with van der Waals surface area (Å²) in [5, 5.41) is 0. The molecule has 0 aromatic heterocycles. The summed E-state index contributed by atoms with van der Waals surface area (Å²) >= 11 is 0. The molecule has 0 unspecified atom stereocenters. The summed E-state index contributed by atoms with van der Waals surface area (Å²) in [5.41, 5.74) is 1.58. The van der Waals surface area contributed by atoms with Gasteiger partial charge in [-0.1, -0.05) is 26.0 Å². The lowest BCUT2D eigenvalue weighted by Gasteiger charge is -2.35. The fraction of sp³-hybridized carbons (Fsp3) is 0.409. The molecule has 2 aromatic carbocycles. The standard InChI is InChI=1S/C22H27FN2O2/c1-17(2)15-24-11-13-25(14-12-24)22(26)19-5-9-21(10-6-19)27-16-18-3-7-20(23)8-4-18/h3-10,17H,11-16H2,1-2H3. The molecule has 0 atom stereocenters. The molecular weight excluding hydrogens is 343 g/mol. The molecule has 4 nitrogen and oxygen atoms in total. The van der Waals surface area contributed by atoms with Crippen molar-refractivity contribution in [2.75, 3.05) is 32.7 Å². The van der Waals surface area contributed by atoms with Gasteiger partial charge in [-0.05, 0) is 47.9 Å². The number of ether oxygens (including phenoxy) is 1. The quantitative estimate of drug-likeness (QED) is 0.775. The summed E-state index contributed by atoms with van der Waals surface area (Å²) in [6.45, 7) is 9.30. The van der Waals surface area contributed by atoms with E-state index in [0.29, 0.717) is 23.8 Å². The zero-order chi connectivity index (χ0) is 19.2. The van der Waals surface area contributed by atoms with E-state index in [9.17, 15) is 9.18 Å². The predicted octanol–water partition coefficient (Wildman–Crippen LogP) is 3.82. The number of benzene rings is 2. The maximum atomic E-state index is 12.9. The van der Waals surface area contributed by atoms with Crippen molar-refractivity contribution in [2.45, 2.75) is 20.5 Å². The number of amides is 1. The van der Waals surface area contributed by atoms with Crippen molar-refractivity contribution in [2.24, 2.45) is 5.92 Å². The first kappa shape index (κ1) is 19.4. The molecule has 0 radical (unpaired) electrons. The monoisotopic (exact) mass is 370 g/mol. The van der Waals surface area contributed by atoms with Gasteiger partial charge in [-0.25, -0.2) is 4.39 Å². The van der Waals surface area contributed by atoms with Crippen LogP contribution in [0.5, 0.6) is 5.75 Å². The Morgan fingerprint density at radius 3 is 2.22 bits per heavy atom. The zero-order valence-electron chi connectivity index (χ0n) is 16.0. The highest BCUT2D eigenvalue weighted by molar-refractivity contribution is 5.94. The van der Waals surface area contributed by atoms with Crippen LogP contribution in [0.15, 0.2) is 48.5 Å². The number of nitrogens with zero attached hydrogens (tertiary/aromatic N) is 2. The van der Waals surface area contributed by atoms with Crippen molar-refractivity contribution >= 4 is 5.91 Å². The number of piperazine rings is 1. The van der Waals surface area contributed by atoms with Gasteiger partial charge in [0.25, 0.3) is 5.91 Å². The van der Waals surface area contributed by atoms with E-state index in [2.05, 4.69) is 18.7 Å². The van der Waals surface area contributed by atoms with Crippen LogP contribution in [-0.2, 0) is 6.61 Å². The highest BCUT2D eigenvalue weighted by Crippen LogP contribution is 2.17. The second-order valence-corrected chi connectivity index (χ2v) is 7.43. The van der Waals surface area contributed by atoms with Gasteiger partial charge in [0.1, 0.15) is 18.2 Å². The molecule has 1 saturated heterocycles. The van der Waals surface area contributed by atoms with Crippen LogP contribution in [0.4, 0.5) is 4.39 Å². The number of carbonyl (C=O) groups is 1. The fourth-order valence-corrected chi connectivity index (χ4v) is 3.27. The van der Waals surface area contributed by atoms with E-state index in [1.54, 1.807) is 12.1 Å². The molecule has 1 aliphatic rings. The Hall–Kier alpha value is -2.40. The second-order valence-electron chi connectivity index (χ2n) is 7.43. The summed E-state index contributed by atoms with van der Waals surface area (Å²) in [5.74, 6) is 1.16. The Bertz CT molecular complexity index is 736. The highest BCUT2D eigenvalue weighted by atomic mass is 19.1. The first-order valence-electron chi connectivity index (χ1n) is 9.50. The van der Waals surface area contributed by atoms with Crippen LogP contribution in [-0.4, -0.2) is 48.4 Å². The molecular formula is C22H27FN2O2. The smallest absolute Gasteiger partial charge is 0.253 e. The van der Waals surface area contributed by atoms with Gasteiger partial charge in [0, 0.05) is 38.3 Å². The molecule has 144 valence electrons. The lowest BCUT2D eigenvalue weighted by molar-refractivity contribution is 0.0624. The molecule has 0 bridgehead atoms. The van der Waals surface area contributed by atoms with Crippen LogP contribution < -0.4 is 4.74 Å². The maximum absolute atomic E-state index is 12.9. The fourth-order valence-electron chi connectivity index (χ4n) is 3.27. The van der Waals surface area contributed by atoms with E-state index in [4.69, 9.17) is 4.74 Å². The third kappa shape index (κ3) is 5.54. The molecule has 1 heterocycles. The van der Waals surface area contributed by atoms with Gasteiger partial charge in [-0.15, -0.1) is 0 Å². The lowest BCUT2D eigenvalue weighted by atomic mass is 10.1. The maximum Gasteiger partial charge on any atom is 0.253 e. The molecule has 3 rings (SSSR count). The number of rotatable bonds is 6. The third-order valence-corrected chi connectivity index (χ3v) is 4.70. The molecule has 2 aromatic rings. The molecule has 0 spiro atoms. The second kappa shape index (κ2) is 9.00. The first-order valence-corrected chi connectivity index (χ1v) is 9.50. The van der Waals surface area contributed by atoms with Gasteiger partial charge >= 0.3 is 0 Å². The van der Waals surface area contributed by atoms with E-state index in [-0.39, 0.29) is 11.7 Å². The molecule has 0 aliphatic carbocycles. The summed E-state index contributed by atoms with van der Waals surface area (Å²) in [7, 11) is 0. The molecule has 0 saturated carbocycles. The van der Waals surface area contributed by atoms with Crippen LogP contribution in [0.3, 0.4) is 0 Å². The normalized spacial score (nSPS) is 15.2. The molecule has 1 fully saturated rings. The van der Waals surface area contributed by atoms with Crippen LogP contribution in [0.25, 0.3) is 0 Å². The van der Waals surface area contributed by atoms with Gasteiger partial charge in [-0.3, -0.25) is 9.69 Å². The Morgan fingerprint density at radius 1 is 1.00 bits per heavy atom. The summed E-state index contributed by atoms with van der Waals surface area (Å²) in [6, 6.07) is 13.5.